The molecule has 1 fully saturated rings. The molecule has 1 saturated heterocycles. The van der Waals surface area contributed by atoms with Crippen LogP contribution in [0.15, 0.2) is 5.10 Å². The van der Waals surface area contributed by atoms with E-state index in [-0.39, 0.29) is 24.0 Å². The molecule has 2 rings (SSSR count). The molecule has 1 N–H and O–H groups in total. The number of piperazine rings is 1. The second-order valence-corrected chi connectivity index (χ2v) is 7.19. The molecule has 0 unspecified atom stereocenters. The molecule has 0 aromatic carbocycles. The van der Waals surface area contributed by atoms with Gasteiger partial charge in [-0.05, 0) is 6.42 Å². The van der Waals surface area contributed by atoms with Crippen LogP contribution in [0.3, 0.4) is 0 Å². The van der Waals surface area contributed by atoms with Gasteiger partial charge in [-0.2, -0.15) is 9.41 Å². The molecule has 0 aromatic heterocycles. The quantitative estimate of drug-likeness (QED) is 0.729. The van der Waals surface area contributed by atoms with Crippen molar-refractivity contribution in [3.63, 3.8) is 0 Å². The van der Waals surface area contributed by atoms with Crippen molar-refractivity contribution in [2.45, 2.75) is 26.2 Å². The summed E-state index contributed by atoms with van der Waals surface area (Å²) >= 11 is 0. The number of carbonyl (C=O) groups is 2. The number of sulfonamides is 1. The van der Waals surface area contributed by atoms with Crippen LogP contribution in [0, 0.1) is 0 Å². The van der Waals surface area contributed by atoms with E-state index in [1.807, 2.05) is 6.92 Å². The molecule has 118 valence electrons. The highest BCUT2D eigenvalue weighted by molar-refractivity contribution is 7.89. The van der Waals surface area contributed by atoms with Gasteiger partial charge in [0.1, 0.15) is 5.71 Å². The van der Waals surface area contributed by atoms with Crippen molar-refractivity contribution in [2.24, 2.45) is 5.10 Å². The average molecular weight is 316 g/mol. The number of hydrogen-bond acceptors (Lipinski definition) is 5. The molecule has 2 heterocycles. The maximum Gasteiger partial charge on any atom is 0.270 e. The standard InChI is InChI=1S/C12H20N4O4S/c1-2-9-21(19,20)16-7-5-15(6-8-16)12(18)10-3-4-11(17)14-13-10/h2-9H2,1H3,(H,14,17). The first-order valence-corrected chi connectivity index (χ1v) is 8.67. The molecule has 21 heavy (non-hydrogen) atoms. The van der Waals surface area contributed by atoms with Crippen LogP contribution in [0.25, 0.3) is 0 Å². The van der Waals surface area contributed by atoms with Crippen LogP contribution in [0.1, 0.15) is 26.2 Å². The molecule has 0 aromatic rings. The van der Waals surface area contributed by atoms with Crippen LogP contribution in [0.4, 0.5) is 0 Å². The number of nitrogens with one attached hydrogen (secondary N) is 1. The normalized spacial score (nSPS) is 20.9. The highest BCUT2D eigenvalue weighted by atomic mass is 32.2. The highest BCUT2D eigenvalue weighted by Crippen LogP contribution is 2.11. The van der Waals surface area contributed by atoms with Crippen LogP contribution >= 0.6 is 0 Å². The van der Waals surface area contributed by atoms with E-state index in [4.69, 9.17) is 0 Å². The van der Waals surface area contributed by atoms with Crippen LogP contribution in [0.2, 0.25) is 0 Å². The predicted molar refractivity (Wildman–Crippen MR) is 77.0 cm³/mol. The Bertz CT molecular complexity index is 550. The van der Waals surface area contributed by atoms with Gasteiger partial charge in [0.25, 0.3) is 5.91 Å². The topological polar surface area (TPSA) is 99.2 Å². The first-order chi connectivity index (χ1) is 9.94. The third-order valence-corrected chi connectivity index (χ3v) is 5.61. The largest absolute Gasteiger partial charge is 0.335 e. The van der Waals surface area contributed by atoms with E-state index in [2.05, 4.69) is 10.5 Å². The Kier molecular flexibility index (Phi) is 4.94. The van der Waals surface area contributed by atoms with Crippen molar-refractivity contribution < 1.29 is 18.0 Å². The van der Waals surface area contributed by atoms with E-state index in [1.165, 1.54) is 4.31 Å². The van der Waals surface area contributed by atoms with Gasteiger partial charge in [-0.25, -0.2) is 13.8 Å². The Balaban J connectivity index is 1.92. The molecule has 0 aliphatic carbocycles. The highest BCUT2D eigenvalue weighted by Gasteiger charge is 2.30. The van der Waals surface area contributed by atoms with Crippen molar-refractivity contribution in [1.29, 1.82) is 0 Å². The molecule has 0 bridgehead atoms. The molecular weight excluding hydrogens is 296 g/mol. The summed E-state index contributed by atoms with van der Waals surface area (Å²) in [5, 5.41) is 3.78. The molecular formula is C12H20N4O4S. The van der Waals surface area contributed by atoms with Gasteiger partial charge >= 0.3 is 0 Å². The van der Waals surface area contributed by atoms with Crippen molar-refractivity contribution >= 4 is 27.5 Å². The van der Waals surface area contributed by atoms with Gasteiger partial charge in [-0.1, -0.05) is 6.92 Å². The zero-order chi connectivity index (χ0) is 15.5. The third-order valence-electron chi connectivity index (χ3n) is 3.53. The Labute approximate surface area is 124 Å². The zero-order valence-electron chi connectivity index (χ0n) is 12.0. The van der Waals surface area contributed by atoms with Gasteiger partial charge in [0.15, 0.2) is 0 Å². The van der Waals surface area contributed by atoms with E-state index in [0.717, 1.165) is 0 Å². The Morgan fingerprint density at radius 3 is 2.43 bits per heavy atom. The monoisotopic (exact) mass is 316 g/mol. The van der Waals surface area contributed by atoms with Gasteiger partial charge in [-0.3, -0.25) is 9.59 Å². The summed E-state index contributed by atoms with van der Waals surface area (Å²) in [6.07, 6.45) is 1.17. The average Bonchev–Trinajstić information content (AvgIpc) is 2.47. The molecule has 9 heteroatoms. The minimum atomic E-state index is -3.21. The van der Waals surface area contributed by atoms with Crippen molar-refractivity contribution in [3.8, 4) is 0 Å². The lowest BCUT2D eigenvalue weighted by Crippen LogP contribution is -2.53. The predicted octanol–water partition coefficient (Wildman–Crippen LogP) is -0.864. The maximum atomic E-state index is 12.2. The Hall–Kier alpha value is -1.48. The summed E-state index contributed by atoms with van der Waals surface area (Å²) in [6, 6.07) is 0. The summed E-state index contributed by atoms with van der Waals surface area (Å²) in [4.78, 5) is 24.8. The molecule has 2 aliphatic rings. The third kappa shape index (κ3) is 3.79. The van der Waals surface area contributed by atoms with Crippen molar-refractivity contribution in [2.75, 3.05) is 31.9 Å². The van der Waals surface area contributed by atoms with Gasteiger partial charge in [0.2, 0.25) is 15.9 Å². The maximum absolute atomic E-state index is 12.2. The number of hydrazone groups is 1. The summed E-state index contributed by atoms with van der Waals surface area (Å²) in [5.41, 5.74) is 2.63. The fourth-order valence-electron chi connectivity index (χ4n) is 2.37. The molecule has 0 radical (unpaired) electrons. The second-order valence-electron chi connectivity index (χ2n) is 5.10. The fraction of sp³-hybridized carbons (Fsp3) is 0.750. The summed E-state index contributed by atoms with van der Waals surface area (Å²) < 4.78 is 25.3. The smallest absolute Gasteiger partial charge is 0.270 e. The lowest BCUT2D eigenvalue weighted by atomic mass is 10.1. The number of nitrogens with zero attached hydrogens (tertiary/aromatic N) is 3. The van der Waals surface area contributed by atoms with E-state index < -0.39 is 10.0 Å². The SMILES string of the molecule is CCCS(=O)(=O)N1CCN(C(=O)C2=NNC(=O)CC2)CC1. The van der Waals surface area contributed by atoms with Crippen LogP contribution in [-0.4, -0.2) is 67.1 Å². The van der Waals surface area contributed by atoms with Crippen LogP contribution in [0.5, 0.6) is 0 Å². The van der Waals surface area contributed by atoms with Gasteiger partial charge in [0.05, 0.1) is 5.75 Å². The number of carbonyl (C=O) groups excluding carboxylic acids is 2. The number of hydrogen-bond donors (Lipinski definition) is 1. The lowest BCUT2D eigenvalue weighted by Gasteiger charge is -2.34. The van der Waals surface area contributed by atoms with Crippen molar-refractivity contribution in [1.82, 2.24) is 14.6 Å². The summed E-state index contributed by atoms with van der Waals surface area (Å²) in [6.45, 7) is 3.16. The lowest BCUT2D eigenvalue weighted by molar-refractivity contribution is -0.125. The molecule has 8 nitrogen and oxygen atoms in total. The first kappa shape index (κ1) is 15.9. The van der Waals surface area contributed by atoms with E-state index in [1.54, 1.807) is 4.90 Å². The minimum Gasteiger partial charge on any atom is -0.335 e. The molecule has 0 saturated carbocycles. The molecule has 0 atom stereocenters. The second kappa shape index (κ2) is 6.52. The van der Waals surface area contributed by atoms with E-state index in [0.29, 0.717) is 44.7 Å². The molecule has 2 amide bonds. The molecule has 2 aliphatic heterocycles. The Morgan fingerprint density at radius 2 is 1.90 bits per heavy atom. The van der Waals surface area contributed by atoms with Gasteiger partial charge in [0, 0.05) is 39.0 Å². The minimum absolute atomic E-state index is 0.139. The van der Waals surface area contributed by atoms with E-state index in [9.17, 15) is 18.0 Å². The van der Waals surface area contributed by atoms with Crippen LogP contribution in [-0.2, 0) is 19.6 Å². The number of amides is 2. The van der Waals surface area contributed by atoms with E-state index >= 15 is 0 Å². The summed E-state index contributed by atoms with van der Waals surface area (Å²) in [5.74, 6) is -0.274. The number of rotatable bonds is 4. The van der Waals surface area contributed by atoms with Crippen molar-refractivity contribution in [3.05, 3.63) is 0 Å². The zero-order valence-corrected chi connectivity index (χ0v) is 12.9. The fourth-order valence-corrected chi connectivity index (χ4v) is 3.86. The van der Waals surface area contributed by atoms with Gasteiger partial charge in [-0.15, -0.1) is 0 Å². The van der Waals surface area contributed by atoms with Gasteiger partial charge < -0.3 is 4.90 Å². The first-order valence-electron chi connectivity index (χ1n) is 7.06. The van der Waals surface area contributed by atoms with Crippen LogP contribution < -0.4 is 5.43 Å². The Morgan fingerprint density at radius 1 is 1.24 bits per heavy atom. The molecule has 0 spiro atoms. The summed E-state index contributed by atoms with van der Waals surface area (Å²) in [7, 11) is -3.21.